The molecule has 1 atom stereocenters. The summed E-state index contributed by atoms with van der Waals surface area (Å²) in [6, 6.07) is 8.73. The van der Waals surface area contributed by atoms with E-state index in [-0.39, 0.29) is 6.10 Å². The monoisotopic (exact) mass is 261 g/mol. The Balaban J connectivity index is 2.69. The lowest BCUT2D eigenvalue weighted by atomic mass is 10.1. The second-order valence-electron chi connectivity index (χ2n) is 5.19. The Morgan fingerprint density at radius 2 is 2.05 bits per heavy atom. The van der Waals surface area contributed by atoms with E-state index in [2.05, 4.69) is 44.8 Å². The van der Waals surface area contributed by atoms with Gasteiger partial charge in [0.2, 0.25) is 0 Å². The van der Waals surface area contributed by atoms with Crippen LogP contribution in [0.15, 0.2) is 36.9 Å². The third kappa shape index (κ3) is 5.93. The summed E-state index contributed by atoms with van der Waals surface area (Å²) in [4.78, 5) is 0. The standard InChI is InChI=1S/C17H27NO/c1-5-9-15-11-7-8-12-17(15)19-16(10-6-2)13-18-14(3)4/h5,7-8,11-12,14,16,18H,1,6,9-10,13H2,2-4H3. The second-order valence-corrected chi connectivity index (χ2v) is 5.19. The minimum Gasteiger partial charge on any atom is -0.489 e. The number of hydrogen-bond donors (Lipinski definition) is 1. The molecule has 0 aliphatic carbocycles. The largest absolute Gasteiger partial charge is 0.489 e. The summed E-state index contributed by atoms with van der Waals surface area (Å²) < 4.78 is 6.18. The van der Waals surface area contributed by atoms with Gasteiger partial charge < -0.3 is 10.1 Å². The molecule has 0 heterocycles. The fourth-order valence-corrected chi connectivity index (χ4v) is 2.01. The van der Waals surface area contributed by atoms with E-state index in [0.717, 1.165) is 31.6 Å². The van der Waals surface area contributed by atoms with Gasteiger partial charge in [0.05, 0.1) is 0 Å². The fourth-order valence-electron chi connectivity index (χ4n) is 2.01. The molecule has 1 aromatic rings. The van der Waals surface area contributed by atoms with E-state index in [1.165, 1.54) is 5.56 Å². The quantitative estimate of drug-likeness (QED) is 0.679. The summed E-state index contributed by atoms with van der Waals surface area (Å²) in [6.07, 6.45) is 5.21. The topological polar surface area (TPSA) is 21.3 Å². The molecule has 0 bridgehead atoms. The van der Waals surface area contributed by atoms with Gasteiger partial charge in [0.15, 0.2) is 0 Å². The Morgan fingerprint density at radius 3 is 2.68 bits per heavy atom. The first-order valence-corrected chi connectivity index (χ1v) is 7.26. The number of nitrogens with one attached hydrogen (secondary N) is 1. The van der Waals surface area contributed by atoms with Crippen molar-refractivity contribution in [2.45, 2.75) is 52.2 Å². The van der Waals surface area contributed by atoms with Crippen LogP contribution >= 0.6 is 0 Å². The van der Waals surface area contributed by atoms with E-state index in [4.69, 9.17) is 4.74 Å². The highest BCUT2D eigenvalue weighted by molar-refractivity contribution is 5.34. The number of hydrogen-bond acceptors (Lipinski definition) is 2. The van der Waals surface area contributed by atoms with Crippen molar-refractivity contribution in [3.63, 3.8) is 0 Å². The number of ether oxygens (including phenoxy) is 1. The summed E-state index contributed by atoms with van der Waals surface area (Å²) in [5.74, 6) is 0.992. The predicted octanol–water partition coefficient (Wildman–Crippen LogP) is 3.96. The Kier molecular flexibility index (Phi) is 7.27. The highest BCUT2D eigenvalue weighted by atomic mass is 16.5. The first kappa shape index (κ1) is 15.8. The van der Waals surface area contributed by atoms with Crippen LogP contribution in [0.4, 0.5) is 0 Å². The van der Waals surface area contributed by atoms with E-state index in [1.807, 2.05) is 18.2 Å². The SMILES string of the molecule is C=CCc1ccccc1OC(CCC)CNC(C)C. The second kappa shape index (κ2) is 8.76. The van der Waals surface area contributed by atoms with Crippen LogP contribution in [0.25, 0.3) is 0 Å². The van der Waals surface area contributed by atoms with Crippen molar-refractivity contribution in [1.82, 2.24) is 5.32 Å². The molecule has 0 aliphatic heterocycles. The van der Waals surface area contributed by atoms with Gasteiger partial charge in [-0.15, -0.1) is 6.58 Å². The average molecular weight is 261 g/mol. The van der Waals surface area contributed by atoms with Crippen molar-refractivity contribution >= 4 is 0 Å². The van der Waals surface area contributed by atoms with Crippen LogP contribution < -0.4 is 10.1 Å². The van der Waals surface area contributed by atoms with Crippen molar-refractivity contribution < 1.29 is 4.74 Å². The van der Waals surface area contributed by atoms with Crippen LogP contribution in [0.2, 0.25) is 0 Å². The van der Waals surface area contributed by atoms with Crippen molar-refractivity contribution in [2.24, 2.45) is 0 Å². The van der Waals surface area contributed by atoms with Gasteiger partial charge >= 0.3 is 0 Å². The van der Waals surface area contributed by atoms with Gasteiger partial charge in [0.25, 0.3) is 0 Å². The van der Waals surface area contributed by atoms with Crippen molar-refractivity contribution in [2.75, 3.05) is 6.54 Å². The number of benzene rings is 1. The first-order chi connectivity index (χ1) is 9.17. The zero-order chi connectivity index (χ0) is 14.1. The Labute approximate surface area is 117 Å². The van der Waals surface area contributed by atoms with Crippen LogP contribution in [0.1, 0.15) is 39.2 Å². The lowest BCUT2D eigenvalue weighted by Crippen LogP contribution is -2.35. The maximum Gasteiger partial charge on any atom is 0.123 e. The van der Waals surface area contributed by atoms with Gasteiger partial charge in [-0.25, -0.2) is 0 Å². The predicted molar refractivity (Wildman–Crippen MR) is 82.8 cm³/mol. The molecule has 106 valence electrons. The van der Waals surface area contributed by atoms with Gasteiger partial charge in [-0.1, -0.05) is 51.5 Å². The van der Waals surface area contributed by atoms with Gasteiger partial charge in [-0.05, 0) is 24.5 Å². The van der Waals surface area contributed by atoms with Crippen LogP contribution in [0.5, 0.6) is 5.75 Å². The van der Waals surface area contributed by atoms with Crippen molar-refractivity contribution in [3.8, 4) is 5.75 Å². The molecule has 19 heavy (non-hydrogen) atoms. The molecule has 0 radical (unpaired) electrons. The van der Waals surface area contributed by atoms with Crippen LogP contribution in [0, 0.1) is 0 Å². The number of allylic oxidation sites excluding steroid dienone is 1. The highest BCUT2D eigenvalue weighted by Crippen LogP contribution is 2.21. The Hall–Kier alpha value is -1.28. The third-order valence-corrected chi connectivity index (χ3v) is 2.99. The molecule has 0 spiro atoms. The van der Waals surface area contributed by atoms with Crippen LogP contribution in [-0.2, 0) is 6.42 Å². The summed E-state index contributed by atoms with van der Waals surface area (Å²) in [7, 11) is 0. The zero-order valence-corrected chi connectivity index (χ0v) is 12.5. The first-order valence-electron chi connectivity index (χ1n) is 7.26. The highest BCUT2D eigenvalue weighted by Gasteiger charge is 2.12. The van der Waals surface area contributed by atoms with Crippen LogP contribution in [0.3, 0.4) is 0 Å². The lowest BCUT2D eigenvalue weighted by Gasteiger charge is -2.22. The maximum atomic E-state index is 6.18. The molecule has 2 nitrogen and oxygen atoms in total. The maximum absolute atomic E-state index is 6.18. The number of para-hydroxylation sites is 1. The normalized spacial score (nSPS) is 12.4. The third-order valence-electron chi connectivity index (χ3n) is 2.99. The van der Waals surface area contributed by atoms with Crippen LogP contribution in [-0.4, -0.2) is 18.7 Å². The van der Waals surface area contributed by atoms with Gasteiger partial charge in [-0.3, -0.25) is 0 Å². The molecule has 0 fully saturated rings. The van der Waals surface area contributed by atoms with Gasteiger partial charge in [0, 0.05) is 12.6 Å². The lowest BCUT2D eigenvalue weighted by molar-refractivity contribution is 0.182. The Morgan fingerprint density at radius 1 is 1.32 bits per heavy atom. The molecule has 0 aliphatic rings. The van der Waals surface area contributed by atoms with E-state index in [0.29, 0.717) is 6.04 Å². The molecule has 1 N–H and O–H groups in total. The molecule has 0 saturated heterocycles. The van der Waals surface area contributed by atoms with E-state index >= 15 is 0 Å². The molecular formula is C17H27NO. The summed E-state index contributed by atoms with van der Waals surface area (Å²) in [5, 5.41) is 3.46. The summed E-state index contributed by atoms with van der Waals surface area (Å²) in [6.45, 7) is 11.2. The smallest absolute Gasteiger partial charge is 0.123 e. The zero-order valence-electron chi connectivity index (χ0n) is 12.5. The molecule has 1 unspecified atom stereocenters. The van der Waals surface area contributed by atoms with E-state index in [9.17, 15) is 0 Å². The molecule has 1 rings (SSSR count). The fraction of sp³-hybridized carbons (Fsp3) is 0.529. The molecule has 2 heteroatoms. The number of rotatable bonds is 9. The summed E-state index contributed by atoms with van der Waals surface area (Å²) in [5.41, 5.74) is 1.21. The van der Waals surface area contributed by atoms with E-state index < -0.39 is 0 Å². The minimum absolute atomic E-state index is 0.235. The van der Waals surface area contributed by atoms with Crippen molar-refractivity contribution in [3.05, 3.63) is 42.5 Å². The van der Waals surface area contributed by atoms with E-state index in [1.54, 1.807) is 0 Å². The summed E-state index contributed by atoms with van der Waals surface area (Å²) >= 11 is 0. The Bertz CT molecular complexity index is 373. The minimum atomic E-state index is 0.235. The van der Waals surface area contributed by atoms with Gasteiger partial charge in [-0.2, -0.15) is 0 Å². The molecule has 1 aromatic carbocycles. The molecule has 0 amide bonds. The average Bonchev–Trinajstić information content (AvgIpc) is 2.38. The molecule has 0 aromatic heterocycles. The van der Waals surface area contributed by atoms with Crippen molar-refractivity contribution in [1.29, 1.82) is 0 Å². The molecule has 0 saturated carbocycles. The van der Waals surface area contributed by atoms with Gasteiger partial charge in [0.1, 0.15) is 11.9 Å². The molecular weight excluding hydrogens is 234 g/mol.